The van der Waals surface area contributed by atoms with Gasteiger partial charge in [-0.3, -0.25) is 4.79 Å². The van der Waals surface area contributed by atoms with Crippen LogP contribution in [0.5, 0.6) is 11.5 Å². The summed E-state index contributed by atoms with van der Waals surface area (Å²) in [6, 6.07) is 18.6. The van der Waals surface area contributed by atoms with Crippen LogP contribution in [0.4, 0.5) is 5.69 Å². The molecule has 0 radical (unpaired) electrons. The topological polar surface area (TPSA) is 117 Å². The van der Waals surface area contributed by atoms with Gasteiger partial charge in [0.15, 0.2) is 5.75 Å². The van der Waals surface area contributed by atoms with Gasteiger partial charge in [0.2, 0.25) is 0 Å². The summed E-state index contributed by atoms with van der Waals surface area (Å²) in [5, 5.41) is 7.24. The maximum atomic E-state index is 13.8. The summed E-state index contributed by atoms with van der Waals surface area (Å²) >= 11 is 2.17. The first-order valence-corrected chi connectivity index (χ1v) is 17.1. The molecule has 4 N–H and O–H groups in total. The van der Waals surface area contributed by atoms with Crippen LogP contribution in [0.25, 0.3) is 22.2 Å². The van der Waals surface area contributed by atoms with Gasteiger partial charge in [-0.05, 0) is 66.3 Å². The number of anilines is 1. The molecule has 3 aromatic carbocycles. The van der Waals surface area contributed by atoms with Crippen molar-refractivity contribution in [1.29, 1.82) is 0 Å². The molecule has 1 aliphatic carbocycles. The highest BCUT2D eigenvalue weighted by atomic mass is 127. The Labute approximate surface area is 276 Å². The molecule has 2 heterocycles. The number of nitrogens with zero attached hydrogens (tertiary/aromatic N) is 1. The SMILES string of the molecule is CNc1ccc(C[C@H](NC(=O)c2ccc3c(C4CCCCC4)c4n(c3c2)CCOc2cc(ON)ccc2-4)C(=O)OCCI)cc1. The van der Waals surface area contributed by atoms with E-state index in [2.05, 4.69) is 43.9 Å². The number of esters is 1. The standard InChI is InChI=1S/C35H39IN4O5/c1-38-25-10-7-22(8-11-25)19-29(35(42)44-17-15-36)39-34(41)24-9-13-27-30(20-24)40-16-18-43-31-21-26(45-37)12-14-28(31)33(40)32(27)23-5-3-2-4-6-23/h7-14,20-21,23,29,38H,2-6,15-19,37H2,1H3,(H,39,41)/t29-/m0/s1. The Morgan fingerprint density at radius 2 is 1.87 bits per heavy atom. The number of amides is 1. The number of halogens is 1. The molecule has 6 rings (SSSR count). The van der Waals surface area contributed by atoms with Crippen molar-refractivity contribution in [1.82, 2.24) is 9.88 Å². The molecule has 0 bridgehead atoms. The van der Waals surface area contributed by atoms with Crippen molar-refractivity contribution in [3.8, 4) is 22.8 Å². The Morgan fingerprint density at radius 3 is 2.60 bits per heavy atom. The van der Waals surface area contributed by atoms with Gasteiger partial charge in [0.1, 0.15) is 25.0 Å². The molecular formula is C35H39IN4O5. The van der Waals surface area contributed by atoms with Crippen LogP contribution in [-0.2, 0) is 22.5 Å². The van der Waals surface area contributed by atoms with Crippen LogP contribution in [0.2, 0.25) is 0 Å². The number of ether oxygens (including phenoxy) is 2. The fraction of sp³-hybridized carbons (Fsp3) is 0.371. The summed E-state index contributed by atoms with van der Waals surface area (Å²) in [6.07, 6.45) is 6.25. The van der Waals surface area contributed by atoms with Gasteiger partial charge in [0.25, 0.3) is 5.91 Å². The van der Waals surface area contributed by atoms with Gasteiger partial charge in [-0.15, -0.1) is 0 Å². The van der Waals surface area contributed by atoms with E-state index in [0.717, 1.165) is 52.0 Å². The second-order valence-electron chi connectivity index (χ2n) is 11.6. The summed E-state index contributed by atoms with van der Waals surface area (Å²) in [6.45, 7) is 1.39. The normalized spacial score (nSPS) is 15.3. The largest absolute Gasteiger partial charge is 0.491 e. The van der Waals surface area contributed by atoms with E-state index in [0.29, 0.717) is 47.8 Å². The molecule has 1 atom stereocenters. The lowest BCUT2D eigenvalue weighted by molar-refractivity contribution is -0.145. The van der Waals surface area contributed by atoms with E-state index in [1.807, 2.05) is 61.6 Å². The predicted octanol–water partition coefficient (Wildman–Crippen LogP) is 6.36. The minimum atomic E-state index is -0.821. The third-order valence-corrected chi connectivity index (χ3v) is 9.33. The molecular weight excluding hydrogens is 683 g/mol. The van der Waals surface area contributed by atoms with Gasteiger partial charge in [-0.25, -0.2) is 4.79 Å². The first kappa shape index (κ1) is 31.2. The number of carbonyl (C=O) groups excluding carboxylic acids is 2. The summed E-state index contributed by atoms with van der Waals surface area (Å²) in [7, 11) is 1.86. The van der Waals surface area contributed by atoms with Crippen molar-refractivity contribution in [3.63, 3.8) is 0 Å². The predicted molar refractivity (Wildman–Crippen MR) is 184 cm³/mol. The lowest BCUT2D eigenvalue weighted by atomic mass is 9.81. The highest BCUT2D eigenvalue weighted by Crippen LogP contribution is 2.47. The summed E-state index contributed by atoms with van der Waals surface area (Å²) in [5.74, 6) is 6.42. The lowest BCUT2D eigenvalue weighted by Crippen LogP contribution is -2.43. The molecule has 1 aliphatic heterocycles. The van der Waals surface area contributed by atoms with Crippen LogP contribution in [-0.4, -0.2) is 47.2 Å². The lowest BCUT2D eigenvalue weighted by Gasteiger charge is -2.23. The van der Waals surface area contributed by atoms with Crippen LogP contribution in [0.1, 0.15) is 59.5 Å². The number of benzene rings is 3. The number of hydrogen-bond donors (Lipinski definition) is 3. The Hall–Kier alpha value is -3.77. The molecule has 0 unspecified atom stereocenters. The fourth-order valence-corrected chi connectivity index (χ4v) is 6.92. The number of alkyl halides is 1. The minimum absolute atomic E-state index is 0.291. The van der Waals surface area contributed by atoms with Crippen LogP contribution in [0.15, 0.2) is 60.7 Å². The van der Waals surface area contributed by atoms with Crippen molar-refractivity contribution in [2.75, 3.05) is 30.0 Å². The van der Waals surface area contributed by atoms with E-state index >= 15 is 0 Å². The molecule has 9 nitrogen and oxygen atoms in total. The molecule has 45 heavy (non-hydrogen) atoms. The number of fused-ring (bicyclic) bond motifs is 5. The maximum absolute atomic E-state index is 13.8. The van der Waals surface area contributed by atoms with E-state index in [1.165, 1.54) is 24.8 Å². The zero-order valence-corrected chi connectivity index (χ0v) is 27.6. The first-order valence-electron chi connectivity index (χ1n) is 15.6. The Bertz CT molecular complexity index is 1680. The zero-order chi connectivity index (χ0) is 31.3. The number of carbonyl (C=O) groups is 2. The van der Waals surface area contributed by atoms with Crippen LogP contribution < -0.4 is 26.1 Å². The average Bonchev–Trinajstić information content (AvgIpc) is 3.28. The molecule has 1 amide bonds. The van der Waals surface area contributed by atoms with Gasteiger partial charge >= 0.3 is 5.97 Å². The molecule has 0 spiro atoms. The van der Waals surface area contributed by atoms with Crippen LogP contribution >= 0.6 is 22.6 Å². The van der Waals surface area contributed by atoms with Crippen molar-refractivity contribution < 1.29 is 23.9 Å². The van der Waals surface area contributed by atoms with E-state index < -0.39 is 12.0 Å². The molecule has 1 saturated carbocycles. The number of hydrogen-bond acceptors (Lipinski definition) is 7. The third-order valence-electron chi connectivity index (χ3n) is 8.89. The minimum Gasteiger partial charge on any atom is -0.491 e. The Kier molecular flexibility index (Phi) is 9.79. The van der Waals surface area contributed by atoms with Gasteiger partial charge in [0, 0.05) is 51.7 Å². The van der Waals surface area contributed by atoms with Gasteiger partial charge in [-0.1, -0.05) is 60.1 Å². The highest BCUT2D eigenvalue weighted by molar-refractivity contribution is 14.1. The first-order chi connectivity index (χ1) is 22.0. The van der Waals surface area contributed by atoms with Crippen molar-refractivity contribution >= 4 is 51.1 Å². The summed E-state index contributed by atoms with van der Waals surface area (Å²) < 4.78 is 14.6. The van der Waals surface area contributed by atoms with Gasteiger partial charge in [0.05, 0.1) is 12.2 Å². The second kappa shape index (κ2) is 14.1. The summed E-state index contributed by atoms with van der Waals surface area (Å²) in [5.41, 5.74) is 6.83. The average molecular weight is 723 g/mol. The Morgan fingerprint density at radius 1 is 1.07 bits per heavy atom. The van der Waals surface area contributed by atoms with Crippen LogP contribution in [0.3, 0.4) is 0 Å². The number of rotatable bonds is 10. The molecule has 1 fully saturated rings. The molecule has 2 aliphatic rings. The molecule has 0 saturated heterocycles. The number of nitrogens with two attached hydrogens (primary N) is 1. The van der Waals surface area contributed by atoms with E-state index in [-0.39, 0.29) is 5.91 Å². The van der Waals surface area contributed by atoms with Crippen LogP contribution in [0, 0.1) is 0 Å². The van der Waals surface area contributed by atoms with Gasteiger partial charge in [-0.2, -0.15) is 5.90 Å². The smallest absolute Gasteiger partial charge is 0.329 e. The van der Waals surface area contributed by atoms with E-state index in [4.69, 9.17) is 20.2 Å². The second-order valence-corrected chi connectivity index (χ2v) is 12.7. The monoisotopic (exact) mass is 722 g/mol. The molecule has 4 aromatic rings. The molecule has 10 heteroatoms. The highest BCUT2D eigenvalue weighted by Gasteiger charge is 2.30. The summed E-state index contributed by atoms with van der Waals surface area (Å²) in [4.78, 5) is 31.9. The van der Waals surface area contributed by atoms with Crippen molar-refractivity contribution in [2.45, 2.75) is 57.0 Å². The van der Waals surface area contributed by atoms with E-state index in [1.54, 1.807) is 0 Å². The quantitative estimate of drug-likeness (QED) is 0.0755. The number of aromatic nitrogens is 1. The molecule has 1 aromatic heterocycles. The zero-order valence-electron chi connectivity index (χ0n) is 25.4. The van der Waals surface area contributed by atoms with E-state index in [9.17, 15) is 9.59 Å². The third kappa shape index (κ3) is 6.62. The number of nitrogens with one attached hydrogen (secondary N) is 2. The maximum Gasteiger partial charge on any atom is 0.329 e. The molecule has 236 valence electrons. The fourth-order valence-electron chi connectivity index (χ4n) is 6.70. The Balaban J connectivity index is 1.37. The van der Waals surface area contributed by atoms with Gasteiger partial charge < -0.3 is 29.5 Å². The van der Waals surface area contributed by atoms with Crippen molar-refractivity contribution in [3.05, 3.63) is 77.4 Å². The van der Waals surface area contributed by atoms with Crippen molar-refractivity contribution in [2.24, 2.45) is 5.90 Å².